The van der Waals surface area contributed by atoms with Crippen LogP contribution in [0, 0.1) is 33.3 Å². The minimum absolute atomic E-state index is 0.172. The van der Waals surface area contributed by atoms with Crippen molar-refractivity contribution in [3.63, 3.8) is 0 Å². The Morgan fingerprint density at radius 3 is 2.33 bits per heavy atom. The molecule has 2 aliphatic rings. The second-order valence-corrected chi connectivity index (χ2v) is 6.31. The summed E-state index contributed by atoms with van der Waals surface area (Å²) in [7, 11) is 0. The number of hydrogen-bond donors (Lipinski definition) is 0. The van der Waals surface area contributed by atoms with E-state index < -0.39 is 6.04 Å². The molecule has 2 rings (SSSR count). The van der Waals surface area contributed by atoms with Crippen molar-refractivity contribution < 1.29 is 4.92 Å². The Morgan fingerprint density at radius 1 is 1.10 bits per heavy atom. The van der Waals surface area contributed by atoms with Gasteiger partial charge >= 0.3 is 0 Å². The Bertz CT molecular complexity index is 448. The highest BCUT2D eigenvalue weighted by Gasteiger charge is 2.29. The van der Waals surface area contributed by atoms with E-state index in [9.17, 15) is 15.4 Å². The monoisotopic (exact) mass is 288 g/mol. The van der Waals surface area contributed by atoms with E-state index >= 15 is 0 Å². The molecule has 0 aliphatic heterocycles. The van der Waals surface area contributed by atoms with Gasteiger partial charge in [0.05, 0.1) is 6.07 Å². The standard InChI is InChI=1S/C17H24N2O2/c18-13-16(8-4-7-14-5-2-1-3-6-14)15-9-11-17(12-10-15)19(20)21/h4,7-8,14-15,17H,1-3,5-6,9-12H2/b7-4-,16-8-. The van der Waals surface area contributed by atoms with Crippen LogP contribution in [0.5, 0.6) is 0 Å². The first-order valence-corrected chi connectivity index (χ1v) is 8.12. The molecule has 0 radical (unpaired) electrons. The fourth-order valence-electron chi connectivity index (χ4n) is 3.51. The zero-order chi connectivity index (χ0) is 15.1. The zero-order valence-corrected chi connectivity index (χ0v) is 12.5. The molecule has 0 N–H and O–H groups in total. The van der Waals surface area contributed by atoms with Gasteiger partial charge in [0.15, 0.2) is 0 Å². The topological polar surface area (TPSA) is 66.9 Å². The van der Waals surface area contributed by atoms with Crippen LogP contribution in [0.15, 0.2) is 23.8 Å². The minimum Gasteiger partial charge on any atom is -0.264 e. The number of nitrogens with zero attached hydrogens (tertiary/aromatic N) is 2. The molecule has 2 fully saturated rings. The molecule has 2 aliphatic carbocycles. The van der Waals surface area contributed by atoms with Crippen molar-refractivity contribution in [2.75, 3.05) is 0 Å². The van der Waals surface area contributed by atoms with Gasteiger partial charge in [-0.15, -0.1) is 0 Å². The lowest BCUT2D eigenvalue weighted by molar-refractivity contribution is -0.526. The van der Waals surface area contributed by atoms with Gasteiger partial charge in [-0.1, -0.05) is 31.4 Å². The Morgan fingerprint density at radius 2 is 1.76 bits per heavy atom. The van der Waals surface area contributed by atoms with E-state index in [4.69, 9.17) is 0 Å². The van der Waals surface area contributed by atoms with Gasteiger partial charge in [-0.05, 0) is 43.6 Å². The largest absolute Gasteiger partial charge is 0.264 e. The second kappa shape index (κ2) is 7.97. The Kier molecular flexibility index (Phi) is 5.98. The molecule has 4 nitrogen and oxygen atoms in total. The average molecular weight is 288 g/mol. The highest BCUT2D eigenvalue weighted by atomic mass is 16.6. The Hall–Kier alpha value is -1.63. The van der Waals surface area contributed by atoms with E-state index in [0.29, 0.717) is 18.8 Å². The maximum Gasteiger partial charge on any atom is 0.213 e. The Labute approximate surface area is 126 Å². The lowest BCUT2D eigenvalue weighted by atomic mass is 9.81. The van der Waals surface area contributed by atoms with Crippen LogP contribution in [0.25, 0.3) is 0 Å². The predicted molar refractivity (Wildman–Crippen MR) is 82.2 cm³/mol. The summed E-state index contributed by atoms with van der Waals surface area (Å²) in [6.07, 6.45) is 15.4. The third-order valence-electron chi connectivity index (χ3n) is 4.87. The van der Waals surface area contributed by atoms with Gasteiger partial charge in [0.25, 0.3) is 0 Å². The number of nitro groups is 1. The summed E-state index contributed by atoms with van der Waals surface area (Å²) in [4.78, 5) is 10.6. The van der Waals surface area contributed by atoms with Crippen LogP contribution >= 0.6 is 0 Å². The van der Waals surface area contributed by atoms with Crippen LogP contribution in [-0.4, -0.2) is 11.0 Å². The van der Waals surface area contributed by atoms with Crippen LogP contribution in [0.1, 0.15) is 57.8 Å². The van der Waals surface area contributed by atoms with E-state index in [1.807, 2.05) is 12.2 Å². The fourth-order valence-corrected chi connectivity index (χ4v) is 3.51. The highest BCUT2D eigenvalue weighted by Crippen LogP contribution is 2.31. The fraction of sp³-hybridized carbons (Fsp3) is 0.706. The van der Waals surface area contributed by atoms with E-state index in [2.05, 4.69) is 12.1 Å². The molecule has 21 heavy (non-hydrogen) atoms. The van der Waals surface area contributed by atoms with Crippen molar-refractivity contribution >= 4 is 0 Å². The molecule has 0 heterocycles. The maximum atomic E-state index is 10.8. The molecule has 0 amide bonds. The van der Waals surface area contributed by atoms with Gasteiger partial charge < -0.3 is 0 Å². The molecule has 0 atom stereocenters. The SMILES string of the molecule is N#C/C(=C/C=C\C1CCCCC1)C1CCC([N+](=O)[O-])CC1. The first kappa shape index (κ1) is 15.8. The Balaban J connectivity index is 1.87. The summed E-state index contributed by atoms with van der Waals surface area (Å²) < 4.78 is 0. The van der Waals surface area contributed by atoms with Crippen molar-refractivity contribution in [2.45, 2.75) is 63.8 Å². The van der Waals surface area contributed by atoms with Gasteiger partial charge in [-0.2, -0.15) is 5.26 Å². The van der Waals surface area contributed by atoms with Gasteiger partial charge in [0, 0.05) is 23.3 Å². The lowest BCUT2D eigenvalue weighted by Gasteiger charge is -2.23. The summed E-state index contributed by atoms with van der Waals surface area (Å²) in [5, 5.41) is 20.1. The first-order chi connectivity index (χ1) is 10.2. The predicted octanol–water partition coefficient (Wildman–Crippen LogP) is 4.41. The van der Waals surface area contributed by atoms with Crippen molar-refractivity contribution in [3.05, 3.63) is 33.9 Å². The van der Waals surface area contributed by atoms with Crippen LogP contribution in [0.4, 0.5) is 0 Å². The minimum atomic E-state index is -0.404. The molecule has 0 spiro atoms. The molecule has 0 aromatic rings. The van der Waals surface area contributed by atoms with Crippen molar-refractivity contribution in [3.8, 4) is 6.07 Å². The quantitative estimate of drug-likeness (QED) is 0.333. The normalized spacial score (nSPS) is 28.4. The van der Waals surface area contributed by atoms with Gasteiger partial charge in [-0.25, -0.2) is 0 Å². The number of nitriles is 1. The zero-order valence-electron chi connectivity index (χ0n) is 12.5. The van der Waals surface area contributed by atoms with E-state index in [1.54, 1.807) is 0 Å². The molecular formula is C17H24N2O2. The number of rotatable bonds is 4. The smallest absolute Gasteiger partial charge is 0.213 e. The van der Waals surface area contributed by atoms with E-state index in [-0.39, 0.29) is 10.8 Å². The summed E-state index contributed by atoms with van der Waals surface area (Å²) in [6.45, 7) is 0. The molecule has 0 aromatic heterocycles. The van der Waals surface area contributed by atoms with Crippen molar-refractivity contribution in [1.82, 2.24) is 0 Å². The van der Waals surface area contributed by atoms with E-state index in [1.165, 1.54) is 32.1 Å². The lowest BCUT2D eigenvalue weighted by Crippen LogP contribution is -2.26. The summed E-state index contributed by atoms with van der Waals surface area (Å²) in [5.41, 5.74) is 0.795. The summed E-state index contributed by atoms with van der Waals surface area (Å²) in [5.74, 6) is 0.877. The molecule has 0 bridgehead atoms. The number of hydrogen-bond acceptors (Lipinski definition) is 3. The van der Waals surface area contributed by atoms with E-state index in [0.717, 1.165) is 18.4 Å². The maximum absolute atomic E-state index is 10.8. The van der Waals surface area contributed by atoms with Gasteiger partial charge in [0.2, 0.25) is 6.04 Å². The molecule has 114 valence electrons. The third-order valence-corrected chi connectivity index (χ3v) is 4.87. The summed E-state index contributed by atoms with van der Waals surface area (Å²) >= 11 is 0. The molecule has 4 heteroatoms. The average Bonchev–Trinajstić information content (AvgIpc) is 2.53. The molecule has 0 unspecified atom stereocenters. The van der Waals surface area contributed by atoms with Gasteiger partial charge in [-0.3, -0.25) is 10.1 Å². The van der Waals surface area contributed by atoms with Crippen LogP contribution in [-0.2, 0) is 0 Å². The van der Waals surface area contributed by atoms with Crippen LogP contribution in [0.2, 0.25) is 0 Å². The number of allylic oxidation sites excluding steroid dienone is 4. The second-order valence-electron chi connectivity index (χ2n) is 6.31. The molecule has 0 saturated heterocycles. The highest BCUT2D eigenvalue weighted by molar-refractivity contribution is 5.28. The van der Waals surface area contributed by atoms with Crippen molar-refractivity contribution in [2.24, 2.45) is 11.8 Å². The molecular weight excluding hydrogens is 264 g/mol. The van der Waals surface area contributed by atoms with Crippen LogP contribution < -0.4 is 0 Å². The molecule has 0 aromatic carbocycles. The van der Waals surface area contributed by atoms with Gasteiger partial charge in [0.1, 0.15) is 0 Å². The third kappa shape index (κ3) is 4.70. The van der Waals surface area contributed by atoms with Crippen molar-refractivity contribution in [1.29, 1.82) is 5.26 Å². The first-order valence-electron chi connectivity index (χ1n) is 8.12. The molecule has 2 saturated carbocycles. The summed E-state index contributed by atoms with van der Waals surface area (Å²) in [6, 6.07) is 1.89. The van der Waals surface area contributed by atoms with Crippen LogP contribution in [0.3, 0.4) is 0 Å².